The second-order valence-electron chi connectivity index (χ2n) is 6.28. The van der Waals surface area contributed by atoms with Gasteiger partial charge in [-0.15, -0.1) is 0 Å². The summed E-state index contributed by atoms with van der Waals surface area (Å²) < 4.78 is 1.93. The fraction of sp³-hybridized carbons (Fsp3) is 0.562. The van der Waals surface area contributed by atoms with E-state index >= 15 is 0 Å². The molecule has 7 nitrogen and oxygen atoms in total. The first-order valence-corrected chi connectivity index (χ1v) is 8.07. The predicted octanol–water partition coefficient (Wildman–Crippen LogP) is 1.16. The van der Waals surface area contributed by atoms with Crippen molar-refractivity contribution >= 4 is 11.8 Å². The van der Waals surface area contributed by atoms with Crippen molar-refractivity contribution in [1.29, 1.82) is 0 Å². The molecule has 0 saturated carbocycles. The lowest BCUT2D eigenvalue weighted by atomic mass is 9.91. The predicted molar refractivity (Wildman–Crippen MR) is 89.2 cm³/mol. The first kappa shape index (κ1) is 15.7. The van der Waals surface area contributed by atoms with E-state index in [4.69, 9.17) is 5.73 Å². The minimum atomic E-state index is -0.697. The molecule has 7 heteroatoms. The Morgan fingerprint density at radius 3 is 2.65 bits per heavy atom. The number of nitrogens with two attached hydrogens (primary N) is 1. The first-order chi connectivity index (χ1) is 11.0. The number of rotatable bonds is 4. The highest BCUT2D eigenvalue weighted by atomic mass is 16.3. The van der Waals surface area contributed by atoms with Crippen LogP contribution in [0.3, 0.4) is 0 Å². The number of nitrogen functional groups attached to an aromatic ring is 1. The van der Waals surface area contributed by atoms with Crippen LogP contribution in [0.2, 0.25) is 0 Å². The molecule has 0 radical (unpaired) electrons. The quantitative estimate of drug-likeness (QED) is 0.879. The number of aryl methyl sites for hydroxylation is 1. The Balaban J connectivity index is 1.73. The van der Waals surface area contributed by atoms with Crippen LogP contribution in [-0.2, 0) is 13.0 Å². The minimum absolute atomic E-state index is 0.321. The van der Waals surface area contributed by atoms with Crippen molar-refractivity contribution in [3.8, 4) is 0 Å². The van der Waals surface area contributed by atoms with Gasteiger partial charge in [0.25, 0.3) is 0 Å². The fourth-order valence-corrected chi connectivity index (χ4v) is 3.23. The maximum absolute atomic E-state index is 10.8. The summed E-state index contributed by atoms with van der Waals surface area (Å²) in [6, 6.07) is 0. The second-order valence-corrected chi connectivity index (χ2v) is 6.28. The van der Waals surface area contributed by atoms with Crippen molar-refractivity contribution in [3.63, 3.8) is 0 Å². The molecular weight excluding hydrogens is 292 g/mol. The zero-order chi connectivity index (χ0) is 16.4. The molecule has 3 rings (SSSR count). The number of aromatic nitrogens is 4. The van der Waals surface area contributed by atoms with Gasteiger partial charge < -0.3 is 20.3 Å². The van der Waals surface area contributed by atoms with E-state index in [0.717, 1.165) is 36.6 Å². The molecule has 3 heterocycles. The molecule has 0 bridgehead atoms. The average Bonchev–Trinajstić information content (AvgIpc) is 3.02. The number of hydrogen-bond donors (Lipinski definition) is 2. The summed E-state index contributed by atoms with van der Waals surface area (Å²) in [6.45, 7) is 6.20. The first-order valence-electron chi connectivity index (χ1n) is 8.07. The Kier molecular flexibility index (Phi) is 4.21. The summed E-state index contributed by atoms with van der Waals surface area (Å²) >= 11 is 0. The van der Waals surface area contributed by atoms with Crippen LogP contribution in [0.15, 0.2) is 18.7 Å². The Hall–Kier alpha value is -2.15. The van der Waals surface area contributed by atoms with Gasteiger partial charge in [0.2, 0.25) is 5.95 Å². The number of imidazole rings is 1. The van der Waals surface area contributed by atoms with Gasteiger partial charge >= 0.3 is 0 Å². The lowest BCUT2D eigenvalue weighted by Crippen LogP contribution is -2.47. The van der Waals surface area contributed by atoms with Crippen LogP contribution in [0, 0.1) is 6.92 Å². The Morgan fingerprint density at radius 1 is 1.30 bits per heavy atom. The van der Waals surface area contributed by atoms with Gasteiger partial charge in [0.1, 0.15) is 5.82 Å². The van der Waals surface area contributed by atoms with E-state index in [1.54, 1.807) is 12.5 Å². The number of nitrogens with zero attached hydrogens (tertiary/aromatic N) is 5. The molecule has 3 N–H and O–H groups in total. The van der Waals surface area contributed by atoms with Crippen LogP contribution < -0.4 is 10.6 Å². The van der Waals surface area contributed by atoms with E-state index < -0.39 is 5.60 Å². The van der Waals surface area contributed by atoms with Gasteiger partial charge in [-0.2, -0.15) is 4.98 Å². The molecule has 2 aromatic rings. The fourth-order valence-electron chi connectivity index (χ4n) is 3.23. The van der Waals surface area contributed by atoms with Gasteiger partial charge in [-0.1, -0.05) is 6.92 Å². The van der Waals surface area contributed by atoms with E-state index in [-0.39, 0.29) is 0 Å². The van der Waals surface area contributed by atoms with Gasteiger partial charge in [-0.05, 0) is 26.2 Å². The number of hydrogen-bond acceptors (Lipinski definition) is 6. The molecule has 1 saturated heterocycles. The van der Waals surface area contributed by atoms with Gasteiger partial charge in [0.15, 0.2) is 0 Å². The Labute approximate surface area is 136 Å². The van der Waals surface area contributed by atoms with Crippen molar-refractivity contribution in [2.24, 2.45) is 0 Å². The molecular formula is C16H24N6O. The van der Waals surface area contributed by atoms with Crippen molar-refractivity contribution in [3.05, 3.63) is 30.0 Å². The van der Waals surface area contributed by atoms with E-state index in [1.165, 1.54) is 0 Å². The minimum Gasteiger partial charge on any atom is -0.388 e. The molecule has 23 heavy (non-hydrogen) atoms. The normalized spacial score (nSPS) is 17.4. The summed E-state index contributed by atoms with van der Waals surface area (Å²) in [5.41, 5.74) is 7.23. The van der Waals surface area contributed by atoms with Crippen LogP contribution in [0.5, 0.6) is 0 Å². The number of anilines is 2. The molecule has 124 valence electrons. The third kappa shape index (κ3) is 3.29. The van der Waals surface area contributed by atoms with Gasteiger partial charge in [-0.3, -0.25) is 0 Å². The Morgan fingerprint density at radius 2 is 2.04 bits per heavy atom. The van der Waals surface area contributed by atoms with Crippen molar-refractivity contribution in [1.82, 2.24) is 19.5 Å². The SMILES string of the molecule is CCc1nc(N)nc(N2CCC(O)(Cn3ccnc3)CC2)c1C. The second kappa shape index (κ2) is 6.16. The van der Waals surface area contributed by atoms with Crippen molar-refractivity contribution in [2.75, 3.05) is 23.7 Å². The topological polar surface area (TPSA) is 93.1 Å². The van der Waals surface area contributed by atoms with Crippen LogP contribution in [0.4, 0.5) is 11.8 Å². The summed E-state index contributed by atoms with van der Waals surface area (Å²) in [6.07, 6.45) is 7.58. The number of piperidine rings is 1. The average molecular weight is 316 g/mol. The molecule has 0 atom stereocenters. The van der Waals surface area contributed by atoms with Crippen LogP contribution in [0.25, 0.3) is 0 Å². The molecule has 1 aliphatic rings. The Bertz CT molecular complexity index is 661. The molecule has 0 spiro atoms. The van der Waals surface area contributed by atoms with Gasteiger partial charge in [0, 0.05) is 31.0 Å². The van der Waals surface area contributed by atoms with Crippen LogP contribution >= 0.6 is 0 Å². The van der Waals surface area contributed by atoms with Gasteiger partial charge in [-0.25, -0.2) is 9.97 Å². The standard InChI is InChI=1S/C16H24N6O/c1-3-13-12(2)14(20-15(17)19-13)22-7-4-16(23,5-8-22)10-21-9-6-18-11-21/h6,9,11,23H,3-5,7-8,10H2,1-2H3,(H2,17,19,20). The maximum Gasteiger partial charge on any atom is 0.222 e. The monoisotopic (exact) mass is 316 g/mol. The highest BCUT2D eigenvalue weighted by molar-refractivity contribution is 5.51. The highest BCUT2D eigenvalue weighted by Gasteiger charge is 2.33. The molecule has 0 aromatic carbocycles. The van der Waals surface area contributed by atoms with Crippen molar-refractivity contribution in [2.45, 2.75) is 45.3 Å². The van der Waals surface area contributed by atoms with E-state index in [9.17, 15) is 5.11 Å². The van der Waals surface area contributed by atoms with Crippen LogP contribution in [-0.4, -0.2) is 43.3 Å². The lowest BCUT2D eigenvalue weighted by molar-refractivity contribution is -0.000198. The zero-order valence-corrected chi connectivity index (χ0v) is 13.7. The lowest BCUT2D eigenvalue weighted by Gasteiger charge is -2.39. The maximum atomic E-state index is 10.8. The summed E-state index contributed by atoms with van der Waals surface area (Å²) in [5.74, 6) is 1.22. The van der Waals surface area contributed by atoms with E-state index in [0.29, 0.717) is 25.3 Å². The molecule has 0 unspecified atom stereocenters. The number of aliphatic hydroxyl groups is 1. The zero-order valence-electron chi connectivity index (χ0n) is 13.7. The molecule has 1 aliphatic heterocycles. The van der Waals surface area contributed by atoms with Crippen LogP contribution in [0.1, 0.15) is 31.0 Å². The summed E-state index contributed by atoms with van der Waals surface area (Å²) in [4.78, 5) is 15.0. The highest BCUT2D eigenvalue weighted by Crippen LogP contribution is 2.29. The summed E-state index contributed by atoms with van der Waals surface area (Å²) in [5, 5.41) is 10.8. The summed E-state index contributed by atoms with van der Waals surface area (Å²) in [7, 11) is 0. The molecule has 1 fully saturated rings. The third-order valence-electron chi connectivity index (χ3n) is 4.60. The largest absolute Gasteiger partial charge is 0.388 e. The third-order valence-corrected chi connectivity index (χ3v) is 4.60. The van der Waals surface area contributed by atoms with E-state index in [1.807, 2.05) is 17.7 Å². The molecule has 0 aliphatic carbocycles. The van der Waals surface area contributed by atoms with E-state index in [2.05, 4.69) is 26.8 Å². The van der Waals surface area contributed by atoms with Crippen molar-refractivity contribution < 1.29 is 5.11 Å². The smallest absolute Gasteiger partial charge is 0.222 e. The molecule has 2 aromatic heterocycles. The molecule has 0 amide bonds. The van der Waals surface area contributed by atoms with Gasteiger partial charge in [0.05, 0.1) is 24.2 Å².